The average Bonchev–Trinajstić information content (AvgIpc) is 2.68. The van der Waals surface area contributed by atoms with Crippen molar-refractivity contribution in [3.05, 3.63) is 29.8 Å². The molecule has 0 saturated heterocycles. The van der Waals surface area contributed by atoms with Gasteiger partial charge in [-0.1, -0.05) is 57.2 Å². The van der Waals surface area contributed by atoms with Crippen molar-refractivity contribution in [1.82, 2.24) is 5.32 Å². The Morgan fingerprint density at radius 3 is 2.55 bits per heavy atom. The van der Waals surface area contributed by atoms with E-state index in [1.165, 1.54) is 44.1 Å². The minimum Gasteiger partial charge on any atom is -0.486 e. The smallest absolute Gasteiger partial charge is 0.125 e. The summed E-state index contributed by atoms with van der Waals surface area (Å²) in [4.78, 5) is 0. The molecule has 0 saturated carbocycles. The average molecular weight is 275 g/mol. The number of unbranched alkanes of at least 4 members (excludes halogenated alkanes) is 5. The summed E-state index contributed by atoms with van der Waals surface area (Å²) >= 11 is 0. The van der Waals surface area contributed by atoms with Crippen LogP contribution in [0.1, 0.15) is 70.9 Å². The Hall–Kier alpha value is -1.02. The van der Waals surface area contributed by atoms with Crippen molar-refractivity contribution < 1.29 is 4.74 Å². The summed E-state index contributed by atoms with van der Waals surface area (Å²) in [6.07, 6.45) is 8.06. The van der Waals surface area contributed by atoms with Crippen LogP contribution in [0, 0.1) is 0 Å². The third kappa shape index (κ3) is 3.76. The first kappa shape index (κ1) is 15.4. The lowest BCUT2D eigenvalue weighted by Gasteiger charge is -2.27. The van der Waals surface area contributed by atoms with Crippen molar-refractivity contribution >= 4 is 0 Å². The van der Waals surface area contributed by atoms with Crippen molar-refractivity contribution in [2.24, 2.45) is 0 Å². The monoisotopic (exact) mass is 275 g/mol. The van der Waals surface area contributed by atoms with Gasteiger partial charge in [-0.3, -0.25) is 0 Å². The highest BCUT2D eigenvalue weighted by Gasteiger charge is 2.40. The topological polar surface area (TPSA) is 21.3 Å². The maximum atomic E-state index is 6.05. The Morgan fingerprint density at radius 2 is 1.75 bits per heavy atom. The SMILES string of the molecule is CCCCCCCCNC1c2ccccc2OC1(C)C. The highest BCUT2D eigenvalue weighted by molar-refractivity contribution is 5.42. The molecule has 1 aromatic carbocycles. The van der Waals surface area contributed by atoms with Crippen LogP contribution in [0.2, 0.25) is 0 Å². The molecule has 0 aromatic heterocycles. The van der Waals surface area contributed by atoms with Gasteiger partial charge in [-0.05, 0) is 32.9 Å². The van der Waals surface area contributed by atoms with Gasteiger partial charge in [0.05, 0.1) is 6.04 Å². The first-order valence-corrected chi connectivity index (χ1v) is 8.16. The molecule has 1 heterocycles. The molecular formula is C18H29NO. The normalized spacial score (nSPS) is 19.6. The molecule has 2 heteroatoms. The molecule has 1 aromatic rings. The van der Waals surface area contributed by atoms with Gasteiger partial charge in [-0.2, -0.15) is 0 Å². The van der Waals surface area contributed by atoms with Crippen LogP contribution in [0.3, 0.4) is 0 Å². The van der Waals surface area contributed by atoms with E-state index < -0.39 is 0 Å². The lowest BCUT2D eigenvalue weighted by Crippen LogP contribution is -2.39. The predicted octanol–water partition coefficient (Wildman–Crippen LogP) is 4.85. The zero-order valence-electron chi connectivity index (χ0n) is 13.2. The van der Waals surface area contributed by atoms with Gasteiger partial charge in [0.15, 0.2) is 0 Å². The molecule has 0 bridgehead atoms. The first-order chi connectivity index (χ1) is 9.65. The lowest BCUT2D eigenvalue weighted by atomic mass is 9.94. The van der Waals surface area contributed by atoms with E-state index in [0.29, 0.717) is 6.04 Å². The molecular weight excluding hydrogens is 246 g/mol. The number of ether oxygens (including phenoxy) is 1. The van der Waals surface area contributed by atoms with Gasteiger partial charge in [-0.25, -0.2) is 0 Å². The van der Waals surface area contributed by atoms with Crippen LogP contribution in [0.4, 0.5) is 0 Å². The molecule has 0 radical (unpaired) electrons. The molecule has 0 fully saturated rings. The van der Waals surface area contributed by atoms with Crippen molar-refractivity contribution in [2.45, 2.75) is 70.9 Å². The highest BCUT2D eigenvalue weighted by Crippen LogP contribution is 2.42. The minimum absolute atomic E-state index is 0.147. The van der Waals surface area contributed by atoms with Gasteiger partial charge < -0.3 is 10.1 Å². The maximum Gasteiger partial charge on any atom is 0.125 e. The predicted molar refractivity (Wildman–Crippen MR) is 85.3 cm³/mol. The summed E-state index contributed by atoms with van der Waals surface area (Å²) in [5.74, 6) is 1.04. The Bertz CT molecular complexity index is 414. The molecule has 1 N–H and O–H groups in total. The number of fused-ring (bicyclic) bond motifs is 1. The third-order valence-corrected chi connectivity index (χ3v) is 4.18. The molecule has 0 spiro atoms. The van der Waals surface area contributed by atoms with Crippen molar-refractivity contribution in [1.29, 1.82) is 0 Å². The highest BCUT2D eigenvalue weighted by atomic mass is 16.5. The van der Waals surface area contributed by atoms with E-state index in [4.69, 9.17) is 4.74 Å². The fourth-order valence-electron chi connectivity index (χ4n) is 3.04. The van der Waals surface area contributed by atoms with Gasteiger partial charge >= 0.3 is 0 Å². The molecule has 1 aliphatic heterocycles. The van der Waals surface area contributed by atoms with Gasteiger partial charge in [0.25, 0.3) is 0 Å². The van der Waals surface area contributed by atoms with Gasteiger partial charge in [0.1, 0.15) is 11.4 Å². The molecule has 2 nitrogen and oxygen atoms in total. The summed E-state index contributed by atoms with van der Waals surface area (Å²) in [5.41, 5.74) is 1.16. The van der Waals surface area contributed by atoms with Crippen LogP contribution in [-0.4, -0.2) is 12.1 Å². The van der Waals surface area contributed by atoms with E-state index in [-0.39, 0.29) is 5.60 Å². The van der Waals surface area contributed by atoms with E-state index in [1.807, 2.05) is 6.07 Å². The number of hydrogen-bond acceptors (Lipinski definition) is 2. The fraction of sp³-hybridized carbons (Fsp3) is 0.667. The van der Waals surface area contributed by atoms with E-state index in [0.717, 1.165) is 12.3 Å². The van der Waals surface area contributed by atoms with E-state index in [9.17, 15) is 0 Å². The largest absolute Gasteiger partial charge is 0.486 e. The quantitative estimate of drug-likeness (QED) is 0.685. The summed E-state index contributed by atoms with van der Waals surface area (Å²) < 4.78 is 6.05. The number of hydrogen-bond donors (Lipinski definition) is 1. The zero-order valence-corrected chi connectivity index (χ0v) is 13.2. The number of benzene rings is 1. The lowest BCUT2D eigenvalue weighted by molar-refractivity contribution is 0.0964. The molecule has 112 valence electrons. The molecule has 1 atom stereocenters. The van der Waals surface area contributed by atoms with Crippen LogP contribution >= 0.6 is 0 Å². The van der Waals surface area contributed by atoms with Gasteiger partial charge in [-0.15, -0.1) is 0 Å². The molecule has 0 amide bonds. The number of para-hydroxylation sites is 1. The Balaban J connectivity index is 1.77. The molecule has 20 heavy (non-hydrogen) atoms. The van der Waals surface area contributed by atoms with E-state index in [1.54, 1.807) is 0 Å². The zero-order chi connectivity index (χ0) is 14.4. The molecule has 0 aliphatic carbocycles. The summed E-state index contributed by atoms with van der Waals surface area (Å²) in [6.45, 7) is 7.69. The third-order valence-electron chi connectivity index (χ3n) is 4.18. The van der Waals surface area contributed by atoms with Crippen LogP contribution in [-0.2, 0) is 0 Å². The Labute approximate surface area is 123 Å². The summed E-state index contributed by atoms with van der Waals surface area (Å²) in [7, 11) is 0. The fourth-order valence-corrected chi connectivity index (χ4v) is 3.04. The summed E-state index contributed by atoms with van der Waals surface area (Å²) in [5, 5.41) is 3.69. The van der Waals surface area contributed by atoms with Crippen molar-refractivity contribution in [3.8, 4) is 5.75 Å². The summed E-state index contributed by atoms with van der Waals surface area (Å²) in [6, 6.07) is 8.72. The Morgan fingerprint density at radius 1 is 1.05 bits per heavy atom. The standard InChI is InChI=1S/C18H29NO/c1-4-5-6-7-8-11-14-19-17-15-12-9-10-13-16(15)20-18(17,2)3/h9-10,12-13,17,19H,4-8,11,14H2,1-3H3. The second-order valence-corrected chi connectivity index (χ2v) is 6.40. The van der Waals surface area contributed by atoms with Gasteiger partial charge in [0.2, 0.25) is 0 Å². The number of rotatable bonds is 8. The van der Waals surface area contributed by atoms with Crippen molar-refractivity contribution in [3.63, 3.8) is 0 Å². The van der Waals surface area contributed by atoms with Crippen LogP contribution in [0.25, 0.3) is 0 Å². The molecule has 1 aliphatic rings. The van der Waals surface area contributed by atoms with Crippen LogP contribution in [0.15, 0.2) is 24.3 Å². The molecule has 2 rings (SSSR count). The second-order valence-electron chi connectivity index (χ2n) is 6.40. The van der Waals surface area contributed by atoms with Gasteiger partial charge in [0, 0.05) is 5.56 Å². The van der Waals surface area contributed by atoms with Crippen LogP contribution < -0.4 is 10.1 Å². The maximum absolute atomic E-state index is 6.05. The van der Waals surface area contributed by atoms with E-state index >= 15 is 0 Å². The van der Waals surface area contributed by atoms with E-state index in [2.05, 4.69) is 44.3 Å². The van der Waals surface area contributed by atoms with Crippen LogP contribution in [0.5, 0.6) is 5.75 Å². The Kier molecular flexibility index (Phi) is 5.47. The second kappa shape index (κ2) is 7.12. The molecule has 1 unspecified atom stereocenters. The number of nitrogens with one attached hydrogen (secondary N) is 1. The minimum atomic E-state index is -0.147. The van der Waals surface area contributed by atoms with Crippen molar-refractivity contribution in [2.75, 3.05) is 6.54 Å². The first-order valence-electron chi connectivity index (χ1n) is 8.16.